The maximum atomic E-state index is 9.94. The van der Waals surface area contributed by atoms with E-state index < -0.39 is 0 Å². The molecule has 0 aromatic heterocycles. The Kier molecular flexibility index (Phi) is 5.95. The number of aliphatic hydroxyl groups excluding tert-OH is 1. The zero-order valence-electron chi connectivity index (χ0n) is 11.1. The van der Waals surface area contributed by atoms with Gasteiger partial charge in [0.15, 0.2) is 11.5 Å². The van der Waals surface area contributed by atoms with Gasteiger partial charge in [0.1, 0.15) is 0 Å². The highest BCUT2D eigenvalue weighted by atomic mass is 16.3. The number of nitrogens with one attached hydrogen (secondary N) is 1. The molecule has 0 amide bonds. The first-order chi connectivity index (χ1) is 8.60. The van der Waals surface area contributed by atoms with Crippen LogP contribution in [0.1, 0.15) is 32.3 Å². The largest absolute Gasteiger partial charge is 0.504 e. The molecule has 1 aromatic carbocycles. The fourth-order valence-corrected chi connectivity index (χ4v) is 2.07. The van der Waals surface area contributed by atoms with Crippen LogP contribution in [0.5, 0.6) is 11.5 Å². The quantitative estimate of drug-likeness (QED) is 0.561. The third kappa shape index (κ3) is 3.89. The molecule has 18 heavy (non-hydrogen) atoms. The number of aliphatic hydroxyl groups is 1. The monoisotopic (exact) mass is 253 g/mol. The molecule has 4 heteroatoms. The van der Waals surface area contributed by atoms with Crippen LogP contribution in [0.2, 0.25) is 0 Å². The van der Waals surface area contributed by atoms with Crippen LogP contribution in [0.15, 0.2) is 18.2 Å². The molecule has 0 aliphatic carbocycles. The van der Waals surface area contributed by atoms with Crippen molar-refractivity contribution in [1.82, 2.24) is 5.32 Å². The van der Waals surface area contributed by atoms with Crippen molar-refractivity contribution in [1.29, 1.82) is 0 Å². The second-order valence-corrected chi connectivity index (χ2v) is 4.56. The summed E-state index contributed by atoms with van der Waals surface area (Å²) < 4.78 is 0. The summed E-state index contributed by atoms with van der Waals surface area (Å²) in [4.78, 5) is 0. The topological polar surface area (TPSA) is 72.7 Å². The molecule has 0 heterocycles. The number of phenols is 2. The average molecular weight is 253 g/mol. The fraction of sp³-hybridized carbons (Fsp3) is 0.571. The summed E-state index contributed by atoms with van der Waals surface area (Å²) in [5.41, 5.74) is 0.631. The molecule has 0 fully saturated rings. The van der Waals surface area contributed by atoms with Crippen LogP contribution < -0.4 is 5.32 Å². The van der Waals surface area contributed by atoms with Crippen molar-refractivity contribution in [2.75, 3.05) is 6.54 Å². The highest BCUT2D eigenvalue weighted by molar-refractivity contribution is 5.44. The van der Waals surface area contributed by atoms with E-state index in [4.69, 9.17) is 0 Å². The third-order valence-electron chi connectivity index (χ3n) is 3.36. The summed E-state index contributed by atoms with van der Waals surface area (Å²) in [6.07, 6.45) is 1.53. The van der Waals surface area contributed by atoms with Gasteiger partial charge in [-0.05, 0) is 12.0 Å². The van der Waals surface area contributed by atoms with E-state index in [2.05, 4.69) is 19.2 Å². The predicted molar refractivity (Wildman–Crippen MR) is 71.6 cm³/mol. The molecular weight excluding hydrogens is 230 g/mol. The number of rotatable bonds is 7. The summed E-state index contributed by atoms with van der Waals surface area (Å²) >= 11 is 0. The van der Waals surface area contributed by atoms with Crippen molar-refractivity contribution in [2.45, 2.75) is 39.3 Å². The Labute approximate surface area is 108 Å². The minimum atomic E-state index is -0.376. The summed E-state index contributed by atoms with van der Waals surface area (Å²) in [7, 11) is 0. The number of benzene rings is 1. The maximum absolute atomic E-state index is 9.94. The van der Waals surface area contributed by atoms with Gasteiger partial charge in [-0.1, -0.05) is 38.8 Å². The molecule has 4 N–H and O–H groups in total. The standard InChI is InChI=1S/C14H23NO3/c1-3-10(4-2)13(17)9-15-8-11-6-5-7-12(16)14(11)18/h5-7,10,13,15-18H,3-4,8-9H2,1-2H3. The lowest BCUT2D eigenvalue weighted by molar-refractivity contribution is 0.101. The molecule has 0 radical (unpaired) electrons. The van der Waals surface area contributed by atoms with E-state index in [0.717, 1.165) is 12.8 Å². The van der Waals surface area contributed by atoms with Gasteiger partial charge in [-0.3, -0.25) is 0 Å². The van der Waals surface area contributed by atoms with Crippen LogP contribution in [0.4, 0.5) is 0 Å². The number of hydrogen-bond donors (Lipinski definition) is 4. The molecule has 1 atom stereocenters. The highest BCUT2D eigenvalue weighted by Crippen LogP contribution is 2.27. The smallest absolute Gasteiger partial charge is 0.161 e. The molecule has 1 aromatic rings. The van der Waals surface area contributed by atoms with E-state index in [-0.39, 0.29) is 17.6 Å². The molecule has 0 spiro atoms. The summed E-state index contributed by atoms with van der Waals surface area (Å²) in [5, 5.41) is 32.0. The Morgan fingerprint density at radius 2 is 1.83 bits per heavy atom. The summed E-state index contributed by atoms with van der Waals surface area (Å²) in [6.45, 7) is 5.05. The minimum Gasteiger partial charge on any atom is -0.504 e. The number of phenolic OH excluding ortho intramolecular Hbond substituents is 2. The summed E-state index contributed by atoms with van der Waals surface area (Å²) in [6, 6.07) is 4.87. The van der Waals surface area contributed by atoms with Crippen molar-refractivity contribution < 1.29 is 15.3 Å². The Morgan fingerprint density at radius 1 is 1.17 bits per heavy atom. The molecule has 4 nitrogen and oxygen atoms in total. The van der Waals surface area contributed by atoms with Gasteiger partial charge in [0.2, 0.25) is 0 Å². The van der Waals surface area contributed by atoms with Gasteiger partial charge in [0.25, 0.3) is 0 Å². The van der Waals surface area contributed by atoms with Gasteiger partial charge in [-0.25, -0.2) is 0 Å². The van der Waals surface area contributed by atoms with Crippen LogP contribution in [-0.2, 0) is 6.54 Å². The average Bonchev–Trinajstić information content (AvgIpc) is 2.36. The van der Waals surface area contributed by atoms with Crippen LogP contribution in [0, 0.1) is 5.92 Å². The summed E-state index contributed by atoms with van der Waals surface area (Å²) in [5.74, 6) is 0.0899. The van der Waals surface area contributed by atoms with Gasteiger partial charge < -0.3 is 20.6 Å². The molecule has 102 valence electrons. The minimum absolute atomic E-state index is 0.0953. The van der Waals surface area contributed by atoms with E-state index in [0.29, 0.717) is 24.6 Å². The maximum Gasteiger partial charge on any atom is 0.161 e. The predicted octanol–water partition coefficient (Wildman–Crippen LogP) is 1.98. The van der Waals surface area contributed by atoms with Crippen molar-refractivity contribution in [3.63, 3.8) is 0 Å². The number of hydrogen-bond acceptors (Lipinski definition) is 4. The van der Waals surface area contributed by atoms with Crippen molar-refractivity contribution in [3.8, 4) is 11.5 Å². The first kappa shape index (κ1) is 14.8. The van der Waals surface area contributed by atoms with Crippen LogP contribution in [-0.4, -0.2) is 28.0 Å². The van der Waals surface area contributed by atoms with Crippen LogP contribution in [0.3, 0.4) is 0 Å². The normalized spacial score (nSPS) is 12.9. The molecule has 0 saturated heterocycles. The van der Waals surface area contributed by atoms with Gasteiger partial charge in [0, 0.05) is 18.7 Å². The van der Waals surface area contributed by atoms with Crippen molar-refractivity contribution in [2.24, 2.45) is 5.92 Å². The molecule has 0 bridgehead atoms. The lowest BCUT2D eigenvalue weighted by atomic mass is 9.96. The van der Waals surface area contributed by atoms with Crippen LogP contribution >= 0.6 is 0 Å². The van der Waals surface area contributed by atoms with E-state index in [9.17, 15) is 15.3 Å². The number of para-hydroxylation sites is 1. The molecule has 1 rings (SSSR count). The van der Waals surface area contributed by atoms with Crippen molar-refractivity contribution in [3.05, 3.63) is 23.8 Å². The molecular formula is C14H23NO3. The Hall–Kier alpha value is -1.26. The zero-order chi connectivity index (χ0) is 13.5. The Balaban J connectivity index is 2.44. The molecule has 0 saturated carbocycles. The molecule has 0 aliphatic rings. The second kappa shape index (κ2) is 7.24. The van der Waals surface area contributed by atoms with E-state index >= 15 is 0 Å². The zero-order valence-corrected chi connectivity index (χ0v) is 11.1. The Bertz CT molecular complexity index is 364. The van der Waals surface area contributed by atoms with Gasteiger partial charge in [-0.2, -0.15) is 0 Å². The highest BCUT2D eigenvalue weighted by Gasteiger charge is 2.15. The fourth-order valence-electron chi connectivity index (χ4n) is 2.07. The van der Waals surface area contributed by atoms with Gasteiger partial charge >= 0.3 is 0 Å². The van der Waals surface area contributed by atoms with E-state index in [1.54, 1.807) is 12.1 Å². The SMILES string of the molecule is CCC(CC)C(O)CNCc1cccc(O)c1O. The lowest BCUT2D eigenvalue weighted by Crippen LogP contribution is -2.32. The van der Waals surface area contributed by atoms with E-state index in [1.165, 1.54) is 6.07 Å². The van der Waals surface area contributed by atoms with Crippen molar-refractivity contribution >= 4 is 0 Å². The van der Waals surface area contributed by atoms with Gasteiger partial charge in [-0.15, -0.1) is 0 Å². The third-order valence-corrected chi connectivity index (χ3v) is 3.36. The first-order valence-corrected chi connectivity index (χ1v) is 6.48. The lowest BCUT2D eigenvalue weighted by Gasteiger charge is -2.20. The number of aromatic hydroxyl groups is 2. The van der Waals surface area contributed by atoms with Crippen LogP contribution in [0.25, 0.3) is 0 Å². The second-order valence-electron chi connectivity index (χ2n) is 4.56. The Morgan fingerprint density at radius 3 is 2.44 bits per heavy atom. The first-order valence-electron chi connectivity index (χ1n) is 6.48. The molecule has 0 aliphatic heterocycles. The molecule has 1 unspecified atom stereocenters. The van der Waals surface area contributed by atoms with E-state index in [1.807, 2.05) is 0 Å². The van der Waals surface area contributed by atoms with Gasteiger partial charge in [0.05, 0.1) is 6.10 Å².